The van der Waals surface area contributed by atoms with Crippen molar-refractivity contribution in [1.82, 2.24) is 0 Å². The van der Waals surface area contributed by atoms with E-state index in [-0.39, 0.29) is 33.6 Å². The van der Waals surface area contributed by atoms with Crippen LogP contribution in [0.5, 0.6) is 0 Å². The summed E-state index contributed by atoms with van der Waals surface area (Å²) in [5, 5.41) is 32.1. The van der Waals surface area contributed by atoms with Crippen LogP contribution in [0.3, 0.4) is 0 Å². The molecule has 34 heavy (non-hydrogen) atoms. The second kappa shape index (κ2) is 10.8. The maximum atomic E-state index is 10.7. The molecule has 0 radical (unpaired) electrons. The van der Waals surface area contributed by atoms with Gasteiger partial charge in [-0.15, -0.1) is 0 Å². The first-order chi connectivity index (χ1) is 14.7. The van der Waals surface area contributed by atoms with Crippen LogP contribution in [0.1, 0.15) is 81.6 Å². The van der Waals surface area contributed by atoms with E-state index in [1.807, 2.05) is 41.5 Å². The van der Waals surface area contributed by atoms with E-state index in [1.165, 1.54) is 0 Å². The summed E-state index contributed by atoms with van der Waals surface area (Å²) in [6.45, 7) is 17.6. The third-order valence-electron chi connectivity index (χ3n) is 8.40. The van der Waals surface area contributed by atoms with Crippen molar-refractivity contribution in [3.63, 3.8) is 0 Å². The number of aliphatic carboxylic acids is 3. The van der Waals surface area contributed by atoms with Gasteiger partial charge in [-0.3, -0.25) is 0 Å². The summed E-state index contributed by atoms with van der Waals surface area (Å²) < 4.78 is 15.5. The van der Waals surface area contributed by atoms with Gasteiger partial charge >= 0.3 is 17.4 Å². The Morgan fingerprint density at radius 1 is 0.500 bits per heavy atom. The molecule has 0 N–H and O–H groups in total. The Morgan fingerprint density at radius 2 is 0.676 bits per heavy atom. The Balaban J connectivity index is 0.000000473. The number of hydrogen-bond acceptors (Lipinski definition) is 9. The molecule has 0 aromatic rings. The number of carboxylic acid groups (broad SMARTS) is 3. The third kappa shape index (κ3) is 5.96. The van der Waals surface area contributed by atoms with Crippen LogP contribution in [0.25, 0.3) is 0 Å². The Labute approximate surface area is 213 Å². The predicted octanol–water partition coefficient (Wildman–Crippen LogP) is -0.556. The van der Waals surface area contributed by atoms with Gasteiger partial charge in [-0.05, 0) is 40.0 Å². The number of hydrogen-bond donors (Lipinski definition) is 0. The monoisotopic (exact) mass is 498 g/mol. The van der Waals surface area contributed by atoms with E-state index in [9.17, 15) is 29.7 Å². The largest absolute Gasteiger partial charge is 3.00 e. The van der Waals surface area contributed by atoms with Crippen molar-refractivity contribution < 1.29 is 43.9 Å². The molecule has 3 aliphatic heterocycles. The van der Waals surface area contributed by atoms with Crippen LogP contribution in [0.15, 0.2) is 0 Å². The fraction of sp³-hybridized carbons (Fsp3) is 0.875. The molecule has 3 atom stereocenters. The zero-order chi connectivity index (χ0) is 26.1. The summed E-state index contributed by atoms with van der Waals surface area (Å²) in [7, 11) is 0. The number of carboxylic acids is 3. The molecule has 0 aromatic heterocycles. The molecule has 192 valence electrons. The van der Waals surface area contributed by atoms with Crippen molar-refractivity contribution in [2.24, 2.45) is 16.2 Å². The van der Waals surface area contributed by atoms with Crippen molar-refractivity contribution in [3.8, 4) is 0 Å². The van der Waals surface area contributed by atoms with Gasteiger partial charge < -0.3 is 43.9 Å². The van der Waals surface area contributed by atoms with Crippen molar-refractivity contribution in [3.05, 3.63) is 0 Å². The quantitative estimate of drug-likeness (QED) is 0.467. The minimum absolute atomic E-state index is 0. The van der Waals surface area contributed by atoms with E-state index in [0.717, 1.165) is 19.3 Å². The maximum Gasteiger partial charge on any atom is 3.00 e. The van der Waals surface area contributed by atoms with Crippen LogP contribution in [0.2, 0.25) is 0 Å². The molecular weight excluding hydrogens is 459 g/mol. The molecule has 3 rings (SSSR count). The average Bonchev–Trinajstić information content (AvgIpc) is 3.22. The Hall–Kier alpha value is -1.18. The SMILES string of the molecule is CC1(C)CCOC1(C)C(=O)[O-].CC1(C)CCOC1(C)C(=O)[O-].CC1(C)CCOC1(C)C(=O)[O-].[Al+3]. The number of carbonyl (C=O) groups is 3. The zero-order valence-corrected chi connectivity index (χ0v) is 23.1. The molecule has 0 aromatic carbocycles. The van der Waals surface area contributed by atoms with Gasteiger partial charge in [0.15, 0.2) is 0 Å². The Kier molecular flexibility index (Phi) is 10.5. The van der Waals surface area contributed by atoms with Gasteiger partial charge in [0, 0.05) is 36.1 Å². The summed E-state index contributed by atoms with van der Waals surface area (Å²) in [5.41, 5.74) is -4.25. The normalized spacial score (nSPS) is 34.5. The summed E-state index contributed by atoms with van der Waals surface area (Å²) >= 11 is 0. The fourth-order valence-electron chi connectivity index (χ4n) is 3.84. The van der Waals surface area contributed by atoms with E-state index in [2.05, 4.69) is 0 Å². The van der Waals surface area contributed by atoms with E-state index >= 15 is 0 Å². The van der Waals surface area contributed by atoms with Crippen LogP contribution in [-0.2, 0) is 28.6 Å². The summed E-state index contributed by atoms with van der Waals surface area (Å²) in [4.78, 5) is 32.1. The molecule has 0 aliphatic carbocycles. The molecule has 0 spiro atoms. The van der Waals surface area contributed by atoms with Gasteiger partial charge in [0.25, 0.3) is 0 Å². The topological polar surface area (TPSA) is 148 Å². The summed E-state index contributed by atoms with van der Waals surface area (Å²) in [5.74, 6) is -3.33. The van der Waals surface area contributed by atoms with Crippen LogP contribution in [0, 0.1) is 16.2 Å². The standard InChI is InChI=1S/3C8H14O3.Al/c3*1-7(2)4-5-11-8(7,3)6(9)10;/h3*4-5H2,1-3H3,(H,9,10);/q;;;+3/p-3. The fourth-order valence-corrected chi connectivity index (χ4v) is 3.84. The number of ether oxygens (including phenoxy) is 3. The van der Waals surface area contributed by atoms with E-state index in [1.54, 1.807) is 20.8 Å². The van der Waals surface area contributed by atoms with Crippen molar-refractivity contribution in [2.45, 2.75) is 98.4 Å². The van der Waals surface area contributed by atoms with Crippen molar-refractivity contribution in [2.75, 3.05) is 19.8 Å². The van der Waals surface area contributed by atoms with Crippen molar-refractivity contribution in [1.29, 1.82) is 0 Å². The first-order valence-corrected chi connectivity index (χ1v) is 11.3. The molecule has 10 heteroatoms. The molecular formula is C24H39AlO9. The molecule has 0 amide bonds. The Morgan fingerprint density at radius 3 is 0.735 bits per heavy atom. The second-order valence-corrected chi connectivity index (χ2v) is 11.4. The van der Waals surface area contributed by atoms with Crippen LogP contribution in [0.4, 0.5) is 0 Å². The second-order valence-electron chi connectivity index (χ2n) is 11.4. The molecule has 9 nitrogen and oxygen atoms in total. The van der Waals surface area contributed by atoms with E-state index in [4.69, 9.17) is 14.2 Å². The zero-order valence-electron chi connectivity index (χ0n) is 22.0. The van der Waals surface area contributed by atoms with Crippen molar-refractivity contribution >= 4 is 35.3 Å². The van der Waals surface area contributed by atoms with Gasteiger partial charge in [-0.1, -0.05) is 41.5 Å². The molecule has 0 bridgehead atoms. The minimum atomic E-state index is -1.11. The summed E-state index contributed by atoms with van der Waals surface area (Å²) in [6.07, 6.45) is 2.33. The molecule has 3 heterocycles. The predicted molar refractivity (Wildman–Crippen MR) is 119 cm³/mol. The molecule has 3 fully saturated rings. The maximum absolute atomic E-state index is 10.7. The van der Waals surface area contributed by atoms with E-state index < -0.39 is 34.7 Å². The molecule has 3 aliphatic rings. The molecule has 0 saturated carbocycles. The summed E-state index contributed by atoms with van der Waals surface area (Å²) in [6, 6.07) is 0. The van der Waals surface area contributed by atoms with Crippen LogP contribution < -0.4 is 15.3 Å². The molecule has 3 saturated heterocycles. The van der Waals surface area contributed by atoms with Crippen LogP contribution >= 0.6 is 0 Å². The number of carbonyl (C=O) groups excluding carboxylic acids is 3. The Bertz CT molecular complexity index is 664. The minimum Gasteiger partial charge on any atom is -0.547 e. The first kappa shape index (κ1) is 32.8. The van der Waals surface area contributed by atoms with Gasteiger partial charge in [-0.25, -0.2) is 0 Å². The number of rotatable bonds is 3. The van der Waals surface area contributed by atoms with Gasteiger partial charge in [-0.2, -0.15) is 0 Å². The smallest absolute Gasteiger partial charge is 0.547 e. The van der Waals surface area contributed by atoms with Gasteiger partial charge in [0.1, 0.15) is 16.8 Å². The van der Waals surface area contributed by atoms with E-state index in [0.29, 0.717) is 19.8 Å². The van der Waals surface area contributed by atoms with Gasteiger partial charge in [0.2, 0.25) is 0 Å². The third-order valence-corrected chi connectivity index (χ3v) is 8.40. The molecule has 3 unspecified atom stereocenters. The van der Waals surface area contributed by atoms with Crippen LogP contribution in [-0.4, -0.2) is 71.9 Å². The first-order valence-electron chi connectivity index (χ1n) is 11.3. The van der Waals surface area contributed by atoms with Gasteiger partial charge in [0.05, 0.1) is 17.9 Å². The average molecular weight is 499 g/mol.